The minimum absolute atomic E-state index is 0.684. The predicted octanol–water partition coefficient (Wildman–Crippen LogP) is 9.19. The van der Waals surface area contributed by atoms with Crippen LogP contribution in [-0.2, 0) is 10.8 Å². The Hall–Kier alpha value is -4.52. The first kappa shape index (κ1) is 28.3. The van der Waals surface area contributed by atoms with E-state index in [-0.39, 0.29) is 0 Å². The molecule has 6 aromatic rings. The fourth-order valence-electron chi connectivity index (χ4n) is 7.05. The van der Waals surface area contributed by atoms with Crippen LogP contribution in [-0.4, -0.2) is 28.4 Å². The Balaban J connectivity index is 1.72. The molecule has 1 aliphatic rings. The van der Waals surface area contributed by atoms with Gasteiger partial charge in [0.05, 0.1) is 39.3 Å². The molecule has 0 saturated carbocycles. The van der Waals surface area contributed by atoms with E-state index >= 15 is 0 Å². The summed E-state index contributed by atoms with van der Waals surface area (Å²) in [6.07, 6.45) is 0. The lowest BCUT2D eigenvalue weighted by Gasteiger charge is -2.55. The third-order valence-electron chi connectivity index (χ3n) is 8.96. The topological polar surface area (TPSA) is 36.9 Å². The number of thiophene rings is 2. The van der Waals surface area contributed by atoms with Crippen LogP contribution in [0.15, 0.2) is 120 Å². The molecule has 4 nitrogen and oxygen atoms in total. The Morgan fingerprint density at radius 2 is 0.614 bits per heavy atom. The molecular weight excluding hydrogens is 585 g/mol. The van der Waals surface area contributed by atoms with Crippen molar-refractivity contribution in [2.45, 2.75) is 10.8 Å². The van der Waals surface area contributed by atoms with Gasteiger partial charge in [-0.15, -0.1) is 22.7 Å². The van der Waals surface area contributed by atoms with Crippen molar-refractivity contribution in [1.29, 1.82) is 0 Å². The molecule has 220 valence electrons. The van der Waals surface area contributed by atoms with Crippen LogP contribution >= 0.6 is 22.7 Å². The molecule has 0 spiro atoms. The maximum absolute atomic E-state index is 5.66. The predicted molar refractivity (Wildman–Crippen MR) is 179 cm³/mol. The number of hydrogen-bond acceptors (Lipinski definition) is 6. The number of fused-ring (bicyclic) bond motifs is 3. The van der Waals surface area contributed by atoms with Crippen molar-refractivity contribution in [3.05, 3.63) is 152 Å². The molecule has 2 aromatic heterocycles. The van der Waals surface area contributed by atoms with E-state index in [9.17, 15) is 0 Å². The molecule has 7 rings (SSSR count). The highest BCUT2D eigenvalue weighted by molar-refractivity contribution is 7.12. The van der Waals surface area contributed by atoms with Crippen molar-refractivity contribution in [2.24, 2.45) is 0 Å². The monoisotopic (exact) mass is 616 g/mol. The number of benzene rings is 4. The molecule has 1 aliphatic carbocycles. The second kappa shape index (κ2) is 11.2. The van der Waals surface area contributed by atoms with Crippen LogP contribution in [0.5, 0.6) is 23.0 Å². The van der Waals surface area contributed by atoms with Crippen LogP contribution in [0.1, 0.15) is 32.0 Å². The summed E-state index contributed by atoms with van der Waals surface area (Å²) in [7, 11) is 6.85. The van der Waals surface area contributed by atoms with Gasteiger partial charge in [-0.2, -0.15) is 0 Å². The van der Waals surface area contributed by atoms with Gasteiger partial charge in [-0.25, -0.2) is 0 Å². The molecule has 0 N–H and O–H groups in total. The lowest BCUT2D eigenvalue weighted by atomic mass is 9.47. The molecule has 0 fully saturated rings. The van der Waals surface area contributed by atoms with Crippen LogP contribution in [0, 0.1) is 0 Å². The van der Waals surface area contributed by atoms with Gasteiger partial charge in [0.1, 0.15) is 23.0 Å². The summed E-state index contributed by atoms with van der Waals surface area (Å²) < 4.78 is 22.6. The third-order valence-corrected chi connectivity index (χ3v) is 11.0. The first-order valence-corrected chi connectivity index (χ1v) is 16.1. The Labute approximate surface area is 266 Å². The minimum atomic E-state index is -0.684. The van der Waals surface area contributed by atoms with E-state index < -0.39 is 10.8 Å². The molecule has 0 aliphatic heterocycles. The number of hydrogen-bond donors (Lipinski definition) is 0. The van der Waals surface area contributed by atoms with Gasteiger partial charge >= 0.3 is 0 Å². The first-order valence-electron chi connectivity index (χ1n) is 14.4. The standard InChI is InChI=1S/C38H32O4S2/c1-39-29-13-5-25(6-14-29)37(26-7-15-30(40-2)16-8-26)35-33(21-23-43-35)34-22-24-44-36(34)38(37,27-9-17-31(41-3)18-10-27)28-11-19-32(42-4)20-12-28/h5-24H,1-4H3. The van der Waals surface area contributed by atoms with Gasteiger partial charge in [0.15, 0.2) is 0 Å². The van der Waals surface area contributed by atoms with Gasteiger partial charge in [0.25, 0.3) is 0 Å². The van der Waals surface area contributed by atoms with Crippen molar-refractivity contribution >= 4 is 22.7 Å². The van der Waals surface area contributed by atoms with Crippen LogP contribution in [0.2, 0.25) is 0 Å². The zero-order chi connectivity index (χ0) is 30.3. The molecule has 0 bridgehead atoms. The zero-order valence-corrected chi connectivity index (χ0v) is 26.6. The summed E-state index contributed by atoms with van der Waals surface area (Å²) in [6, 6.07) is 39.0. The number of methoxy groups -OCH3 is 4. The van der Waals surface area contributed by atoms with E-state index in [0.717, 1.165) is 45.3 Å². The lowest BCUT2D eigenvalue weighted by Crippen LogP contribution is -2.53. The van der Waals surface area contributed by atoms with Gasteiger partial charge in [0.2, 0.25) is 0 Å². The molecule has 6 heteroatoms. The Bertz CT molecular complexity index is 1650. The maximum Gasteiger partial charge on any atom is 0.118 e. The number of rotatable bonds is 8. The zero-order valence-electron chi connectivity index (χ0n) is 25.0. The normalized spacial score (nSPS) is 14.3. The van der Waals surface area contributed by atoms with E-state index in [1.165, 1.54) is 20.9 Å². The molecule has 2 heterocycles. The van der Waals surface area contributed by atoms with Crippen LogP contribution in [0.3, 0.4) is 0 Å². The smallest absolute Gasteiger partial charge is 0.118 e. The van der Waals surface area contributed by atoms with Crippen molar-refractivity contribution in [1.82, 2.24) is 0 Å². The van der Waals surface area contributed by atoms with E-state index in [2.05, 4.69) is 120 Å². The Kier molecular flexibility index (Phi) is 7.19. The average molecular weight is 617 g/mol. The second-order valence-corrected chi connectivity index (χ2v) is 12.6. The molecule has 0 saturated heterocycles. The molecule has 0 atom stereocenters. The minimum Gasteiger partial charge on any atom is -0.497 e. The Morgan fingerprint density at radius 1 is 0.364 bits per heavy atom. The molecule has 0 amide bonds. The van der Waals surface area contributed by atoms with Crippen molar-refractivity contribution in [3.63, 3.8) is 0 Å². The summed E-state index contributed by atoms with van der Waals surface area (Å²) in [5, 5.41) is 4.46. The molecular formula is C38H32O4S2. The fourth-order valence-corrected chi connectivity index (χ4v) is 9.47. The summed E-state index contributed by atoms with van der Waals surface area (Å²) >= 11 is 3.62. The second-order valence-electron chi connectivity index (χ2n) is 10.7. The van der Waals surface area contributed by atoms with E-state index in [1.54, 1.807) is 28.4 Å². The molecule has 0 unspecified atom stereocenters. The highest BCUT2D eigenvalue weighted by Gasteiger charge is 2.62. The van der Waals surface area contributed by atoms with Crippen molar-refractivity contribution in [2.75, 3.05) is 28.4 Å². The largest absolute Gasteiger partial charge is 0.497 e. The van der Waals surface area contributed by atoms with Gasteiger partial charge in [-0.1, -0.05) is 48.5 Å². The highest BCUT2D eigenvalue weighted by atomic mass is 32.1. The first-order chi connectivity index (χ1) is 21.6. The van der Waals surface area contributed by atoms with Crippen LogP contribution < -0.4 is 18.9 Å². The van der Waals surface area contributed by atoms with Crippen LogP contribution in [0.4, 0.5) is 0 Å². The van der Waals surface area contributed by atoms with Crippen molar-refractivity contribution in [3.8, 4) is 34.1 Å². The summed E-state index contributed by atoms with van der Waals surface area (Å²) in [5.41, 5.74) is 5.81. The van der Waals surface area contributed by atoms with Gasteiger partial charge in [-0.05, 0) is 105 Å². The van der Waals surface area contributed by atoms with Gasteiger partial charge < -0.3 is 18.9 Å². The molecule has 4 aromatic carbocycles. The van der Waals surface area contributed by atoms with Gasteiger partial charge in [0, 0.05) is 9.75 Å². The van der Waals surface area contributed by atoms with Gasteiger partial charge in [-0.3, -0.25) is 0 Å². The summed E-state index contributed by atoms with van der Waals surface area (Å²) in [4.78, 5) is 2.57. The van der Waals surface area contributed by atoms with Crippen molar-refractivity contribution < 1.29 is 18.9 Å². The maximum atomic E-state index is 5.66. The quantitative estimate of drug-likeness (QED) is 0.171. The fraction of sp³-hybridized carbons (Fsp3) is 0.158. The van der Waals surface area contributed by atoms with E-state index in [4.69, 9.17) is 18.9 Å². The third kappa shape index (κ3) is 3.94. The summed E-state index contributed by atoms with van der Waals surface area (Å²) in [5.74, 6) is 3.27. The number of ether oxygens (including phenoxy) is 4. The molecule has 44 heavy (non-hydrogen) atoms. The van der Waals surface area contributed by atoms with E-state index in [1.807, 2.05) is 22.7 Å². The lowest BCUT2D eigenvalue weighted by molar-refractivity contribution is 0.403. The Morgan fingerprint density at radius 3 is 0.841 bits per heavy atom. The highest BCUT2D eigenvalue weighted by Crippen LogP contribution is 2.67. The summed E-state index contributed by atoms with van der Waals surface area (Å²) in [6.45, 7) is 0. The average Bonchev–Trinajstić information content (AvgIpc) is 3.79. The van der Waals surface area contributed by atoms with Crippen LogP contribution in [0.25, 0.3) is 11.1 Å². The molecule has 0 radical (unpaired) electrons. The SMILES string of the molecule is COc1ccc(C2(c3ccc(OC)cc3)c3sccc3-c3ccsc3C2(c2ccc(OC)cc2)c2ccc(OC)cc2)cc1. The van der Waals surface area contributed by atoms with E-state index in [0.29, 0.717) is 0 Å².